The number of hydrogen-bond acceptors (Lipinski definition) is 5. The van der Waals surface area contributed by atoms with Crippen LogP contribution in [0, 0.1) is 0 Å². The van der Waals surface area contributed by atoms with Crippen LogP contribution in [0.15, 0.2) is 29.6 Å². The van der Waals surface area contributed by atoms with Crippen molar-refractivity contribution >= 4 is 45.4 Å². The van der Waals surface area contributed by atoms with Gasteiger partial charge in [-0.1, -0.05) is 37.6 Å². The molecule has 1 aliphatic heterocycles. The van der Waals surface area contributed by atoms with Crippen molar-refractivity contribution in [1.82, 2.24) is 20.1 Å². The van der Waals surface area contributed by atoms with Crippen LogP contribution in [-0.4, -0.2) is 72.3 Å². The average molecular weight is 452 g/mol. The molecule has 0 amide bonds. The lowest BCUT2D eigenvalue weighted by Crippen LogP contribution is -2.52. The van der Waals surface area contributed by atoms with Crippen molar-refractivity contribution in [2.75, 3.05) is 57.3 Å². The summed E-state index contributed by atoms with van der Waals surface area (Å²) in [6, 6.07) is 7.85. The summed E-state index contributed by atoms with van der Waals surface area (Å²) in [6.07, 6.45) is 1.12. The monoisotopic (exact) mass is 451 g/mol. The van der Waals surface area contributed by atoms with Crippen molar-refractivity contribution in [3.8, 4) is 11.3 Å². The van der Waals surface area contributed by atoms with Crippen molar-refractivity contribution in [2.45, 2.75) is 20.3 Å². The lowest BCUT2D eigenvalue weighted by molar-refractivity contribution is 0.299. The minimum Gasteiger partial charge on any atom is -0.363 e. The number of nitrogens with zero attached hydrogens (tertiary/aromatic N) is 4. The second-order valence-electron chi connectivity index (χ2n) is 7.11. The third-order valence-electron chi connectivity index (χ3n) is 5.29. The third-order valence-corrected chi connectivity index (χ3v) is 6.85. The van der Waals surface area contributed by atoms with Crippen molar-refractivity contribution in [2.24, 2.45) is 0 Å². The zero-order valence-electron chi connectivity index (χ0n) is 17.2. The number of rotatable bonds is 8. The first-order valence-electron chi connectivity index (χ1n) is 10.3. The van der Waals surface area contributed by atoms with Crippen LogP contribution in [0.3, 0.4) is 0 Å². The fourth-order valence-electron chi connectivity index (χ4n) is 3.41. The fraction of sp³-hybridized carbons (Fsp3) is 0.524. The van der Waals surface area contributed by atoms with Crippen molar-refractivity contribution < 1.29 is 0 Å². The van der Waals surface area contributed by atoms with Gasteiger partial charge in [0.05, 0.1) is 5.69 Å². The summed E-state index contributed by atoms with van der Waals surface area (Å²) in [5.41, 5.74) is 2.11. The zero-order valence-corrected chi connectivity index (χ0v) is 19.6. The highest BCUT2D eigenvalue weighted by molar-refractivity contribution is 7.80. The van der Waals surface area contributed by atoms with Crippen LogP contribution >= 0.6 is 35.2 Å². The van der Waals surface area contributed by atoms with Gasteiger partial charge in [0.15, 0.2) is 10.2 Å². The van der Waals surface area contributed by atoms with Gasteiger partial charge in [0.2, 0.25) is 0 Å². The number of nitrogens with one attached hydrogen (secondary N) is 1. The van der Waals surface area contributed by atoms with E-state index in [9.17, 15) is 0 Å². The average Bonchev–Trinajstić information content (AvgIpc) is 3.24. The molecule has 0 bridgehead atoms. The van der Waals surface area contributed by atoms with Gasteiger partial charge >= 0.3 is 0 Å². The Kier molecular flexibility index (Phi) is 8.53. The third kappa shape index (κ3) is 6.28. The van der Waals surface area contributed by atoms with E-state index in [-0.39, 0.29) is 0 Å². The molecule has 0 spiro atoms. The molecule has 0 saturated carbocycles. The van der Waals surface area contributed by atoms with Crippen LogP contribution in [0.5, 0.6) is 0 Å². The molecule has 1 fully saturated rings. The summed E-state index contributed by atoms with van der Waals surface area (Å²) >= 11 is 13.3. The smallest absolute Gasteiger partial charge is 0.185 e. The van der Waals surface area contributed by atoms with Crippen molar-refractivity contribution in [1.29, 1.82) is 0 Å². The molecule has 1 aromatic heterocycles. The Morgan fingerprint density at radius 3 is 2.52 bits per heavy atom. The molecule has 1 saturated heterocycles. The summed E-state index contributed by atoms with van der Waals surface area (Å²) in [6.45, 7) is 12.4. The first-order chi connectivity index (χ1) is 14.1. The van der Waals surface area contributed by atoms with E-state index in [1.807, 2.05) is 24.3 Å². The molecule has 5 nitrogen and oxygen atoms in total. The number of piperazine rings is 1. The number of halogens is 1. The lowest BCUT2D eigenvalue weighted by atomic mass is 10.2. The van der Waals surface area contributed by atoms with Crippen molar-refractivity contribution in [3.05, 3.63) is 34.7 Å². The van der Waals surface area contributed by atoms with Gasteiger partial charge in [-0.05, 0) is 50.4 Å². The number of thiocarbonyl (C=S) groups is 1. The molecule has 0 atom stereocenters. The van der Waals surface area contributed by atoms with E-state index in [0.29, 0.717) is 0 Å². The highest BCUT2D eigenvalue weighted by Crippen LogP contribution is 2.28. The number of hydrogen-bond donors (Lipinski definition) is 1. The maximum absolute atomic E-state index is 5.98. The molecule has 3 rings (SSSR count). The maximum atomic E-state index is 5.98. The van der Waals surface area contributed by atoms with E-state index in [1.165, 1.54) is 0 Å². The molecule has 8 heteroatoms. The highest BCUT2D eigenvalue weighted by atomic mass is 35.5. The van der Waals surface area contributed by atoms with E-state index in [1.54, 1.807) is 11.3 Å². The number of aromatic nitrogens is 1. The van der Waals surface area contributed by atoms with E-state index in [4.69, 9.17) is 28.8 Å². The number of anilines is 1. The first kappa shape index (κ1) is 22.3. The summed E-state index contributed by atoms with van der Waals surface area (Å²) in [5, 5.41) is 8.25. The Bertz CT molecular complexity index is 768. The SMILES string of the molecule is CCN(CC)CCCNC(=S)N1CCN(c2nc(-c3ccc(Cl)cc3)cs2)CC1. The molecule has 2 aromatic rings. The maximum Gasteiger partial charge on any atom is 0.185 e. The molecule has 1 aromatic carbocycles. The van der Waals surface area contributed by atoms with Gasteiger partial charge in [0.1, 0.15) is 0 Å². The summed E-state index contributed by atoms with van der Waals surface area (Å²) in [5.74, 6) is 0. The molecule has 0 unspecified atom stereocenters. The predicted octanol–water partition coefficient (Wildman–Crippen LogP) is 4.19. The Morgan fingerprint density at radius 1 is 1.17 bits per heavy atom. The molecule has 158 valence electrons. The largest absolute Gasteiger partial charge is 0.363 e. The Balaban J connectivity index is 1.43. The molecule has 2 heterocycles. The lowest BCUT2D eigenvalue weighted by Gasteiger charge is -2.36. The van der Waals surface area contributed by atoms with Crippen LogP contribution in [0.25, 0.3) is 11.3 Å². The minimum atomic E-state index is 0.748. The molecule has 1 aliphatic rings. The Morgan fingerprint density at radius 2 is 1.86 bits per heavy atom. The number of benzene rings is 1. The number of thiazole rings is 1. The van der Waals surface area contributed by atoms with Gasteiger partial charge in [-0.25, -0.2) is 4.98 Å². The summed E-state index contributed by atoms with van der Waals surface area (Å²) in [4.78, 5) is 11.9. The van der Waals surface area contributed by atoms with E-state index in [0.717, 1.165) is 85.3 Å². The Hall–Kier alpha value is -1.41. The molecular weight excluding hydrogens is 422 g/mol. The zero-order chi connectivity index (χ0) is 20.6. The van der Waals surface area contributed by atoms with E-state index >= 15 is 0 Å². The van der Waals surface area contributed by atoms with Crippen LogP contribution in [-0.2, 0) is 0 Å². The van der Waals surface area contributed by atoms with E-state index in [2.05, 4.69) is 39.2 Å². The van der Waals surface area contributed by atoms with Gasteiger partial charge in [0.25, 0.3) is 0 Å². The summed E-state index contributed by atoms with van der Waals surface area (Å²) in [7, 11) is 0. The van der Waals surface area contributed by atoms with E-state index < -0.39 is 0 Å². The normalized spacial score (nSPS) is 14.5. The van der Waals surface area contributed by atoms with Crippen LogP contribution in [0.1, 0.15) is 20.3 Å². The quantitative estimate of drug-likeness (QED) is 0.478. The minimum absolute atomic E-state index is 0.748. The van der Waals surface area contributed by atoms with Crippen LogP contribution < -0.4 is 10.2 Å². The van der Waals surface area contributed by atoms with Gasteiger partial charge in [0, 0.05) is 48.7 Å². The predicted molar refractivity (Wildman–Crippen MR) is 129 cm³/mol. The molecule has 1 N–H and O–H groups in total. The van der Waals surface area contributed by atoms with Gasteiger partial charge in [-0.2, -0.15) is 0 Å². The molecular formula is C21H30ClN5S2. The highest BCUT2D eigenvalue weighted by Gasteiger charge is 2.21. The van der Waals surface area contributed by atoms with Crippen LogP contribution in [0.2, 0.25) is 5.02 Å². The summed E-state index contributed by atoms with van der Waals surface area (Å²) < 4.78 is 0. The molecule has 0 aliphatic carbocycles. The fourth-order valence-corrected chi connectivity index (χ4v) is 4.71. The van der Waals surface area contributed by atoms with Gasteiger partial charge in [-0.15, -0.1) is 11.3 Å². The topological polar surface area (TPSA) is 34.6 Å². The molecule has 29 heavy (non-hydrogen) atoms. The van der Waals surface area contributed by atoms with Gasteiger partial charge in [-0.3, -0.25) is 0 Å². The standard InChI is InChI=1S/C21H30ClN5S2/c1-3-25(4-2)11-5-10-23-20(28)26-12-14-27(15-13-26)21-24-19(16-29-21)17-6-8-18(22)9-7-17/h6-9,16H,3-5,10-15H2,1-2H3,(H,23,28). The first-order valence-corrected chi connectivity index (χ1v) is 12.0. The Labute approximate surface area is 188 Å². The second kappa shape index (κ2) is 11.1. The van der Waals surface area contributed by atoms with Crippen molar-refractivity contribution in [3.63, 3.8) is 0 Å². The second-order valence-corrected chi connectivity index (χ2v) is 8.77. The van der Waals surface area contributed by atoms with Gasteiger partial charge < -0.3 is 20.0 Å². The van der Waals surface area contributed by atoms with Crippen LogP contribution in [0.4, 0.5) is 5.13 Å². The molecule has 0 radical (unpaired) electrons.